The highest BCUT2D eigenvalue weighted by Crippen LogP contribution is 2.32. The van der Waals surface area contributed by atoms with Gasteiger partial charge in [0.2, 0.25) is 0 Å². The van der Waals surface area contributed by atoms with Crippen molar-refractivity contribution in [3.63, 3.8) is 0 Å². The number of fused-ring (bicyclic) bond motifs is 3. The van der Waals surface area contributed by atoms with Crippen molar-refractivity contribution in [2.24, 2.45) is 0 Å². The van der Waals surface area contributed by atoms with E-state index in [4.69, 9.17) is 4.74 Å². The third-order valence-corrected chi connectivity index (χ3v) is 6.29. The van der Waals surface area contributed by atoms with Gasteiger partial charge in [0, 0.05) is 34.0 Å². The quantitative estimate of drug-likeness (QED) is 0.451. The second-order valence-electron chi connectivity index (χ2n) is 8.29. The molecule has 0 N–H and O–H groups in total. The van der Waals surface area contributed by atoms with Crippen LogP contribution in [0.3, 0.4) is 0 Å². The van der Waals surface area contributed by atoms with E-state index in [1.807, 2.05) is 31.2 Å². The number of carbonyl (C=O) groups is 4. The lowest BCUT2D eigenvalue weighted by Gasteiger charge is -2.35. The molecule has 6 heteroatoms. The van der Waals surface area contributed by atoms with Crippen LogP contribution in [0.1, 0.15) is 61.1 Å². The van der Waals surface area contributed by atoms with E-state index >= 15 is 0 Å². The van der Waals surface area contributed by atoms with Crippen LogP contribution in [0.15, 0.2) is 66.7 Å². The Hall–Kier alpha value is -4.06. The van der Waals surface area contributed by atoms with Crippen molar-refractivity contribution in [3.05, 3.63) is 100 Å². The van der Waals surface area contributed by atoms with Crippen LogP contribution < -0.4 is 4.90 Å². The van der Waals surface area contributed by atoms with Crippen LogP contribution in [0, 0.1) is 0 Å². The normalized spacial score (nSPS) is 16.5. The summed E-state index contributed by atoms with van der Waals surface area (Å²) in [6, 6.07) is 18.7. The molecular weight excluding hydrogens is 418 g/mol. The fraction of sp³-hybridized carbons (Fsp3) is 0.185. The number of ether oxygens (including phenoxy) is 1. The van der Waals surface area contributed by atoms with Gasteiger partial charge >= 0.3 is 5.97 Å². The molecule has 164 valence electrons. The number of anilines is 1. The minimum Gasteiger partial charge on any atom is -0.452 e. The van der Waals surface area contributed by atoms with E-state index in [0.29, 0.717) is 5.56 Å². The average molecular weight is 439 g/mol. The molecule has 0 spiro atoms. The number of benzene rings is 3. The molecule has 33 heavy (non-hydrogen) atoms. The molecule has 5 rings (SSSR count). The molecule has 2 aliphatic rings. The summed E-state index contributed by atoms with van der Waals surface area (Å²) in [5, 5.41) is 0. The molecule has 3 aromatic rings. The number of hydrogen-bond donors (Lipinski definition) is 0. The van der Waals surface area contributed by atoms with E-state index in [1.54, 1.807) is 35.2 Å². The number of nitrogens with zero attached hydrogens (tertiary/aromatic N) is 1. The number of hydrogen-bond acceptors (Lipinski definition) is 5. The van der Waals surface area contributed by atoms with E-state index in [-0.39, 0.29) is 40.0 Å². The molecule has 0 aromatic heterocycles. The predicted molar refractivity (Wildman–Crippen MR) is 122 cm³/mol. The second kappa shape index (κ2) is 8.13. The monoisotopic (exact) mass is 439 g/mol. The molecule has 3 aromatic carbocycles. The smallest absolute Gasteiger partial charge is 0.339 e. The first kappa shape index (κ1) is 20.8. The zero-order chi connectivity index (χ0) is 23.1. The van der Waals surface area contributed by atoms with Gasteiger partial charge in [-0.2, -0.15) is 0 Å². The van der Waals surface area contributed by atoms with Crippen molar-refractivity contribution in [3.8, 4) is 0 Å². The number of para-hydroxylation sites is 1. The molecule has 0 unspecified atom stereocenters. The van der Waals surface area contributed by atoms with Crippen LogP contribution in [0.5, 0.6) is 0 Å². The first-order valence-corrected chi connectivity index (χ1v) is 10.9. The van der Waals surface area contributed by atoms with Crippen LogP contribution in [0.4, 0.5) is 5.69 Å². The number of rotatable bonds is 3. The Kier molecular flexibility index (Phi) is 5.13. The molecule has 1 amide bonds. The lowest BCUT2D eigenvalue weighted by atomic mass is 9.82. The van der Waals surface area contributed by atoms with E-state index in [0.717, 1.165) is 24.1 Å². The molecule has 1 aliphatic carbocycles. The third-order valence-electron chi connectivity index (χ3n) is 6.29. The molecular formula is C27H21NO5. The first-order chi connectivity index (χ1) is 16.0. The predicted octanol–water partition coefficient (Wildman–Crippen LogP) is 3.99. The van der Waals surface area contributed by atoms with Gasteiger partial charge in [-0.3, -0.25) is 14.4 Å². The standard InChI is InChI=1S/C27H21NO5/c1-16-13-14-17-7-2-5-12-22(17)28(16)23(29)15-33-27(32)21-11-6-10-20-24(21)26(31)19-9-4-3-8-18(19)25(20)30/h2-12,16H,13-15H2,1H3/t16-/m0/s1. The maximum atomic E-state index is 13.1. The Morgan fingerprint density at radius 3 is 2.33 bits per heavy atom. The van der Waals surface area contributed by atoms with Gasteiger partial charge in [-0.25, -0.2) is 4.79 Å². The summed E-state index contributed by atoms with van der Waals surface area (Å²) in [6.07, 6.45) is 1.70. The number of carbonyl (C=O) groups excluding carboxylic acids is 4. The Balaban J connectivity index is 1.40. The van der Waals surface area contributed by atoms with E-state index in [1.165, 1.54) is 12.1 Å². The summed E-state index contributed by atoms with van der Waals surface area (Å²) in [5.74, 6) is -1.86. The van der Waals surface area contributed by atoms with Gasteiger partial charge in [0.05, 0.1) is 5.56 Å². The topological polar surface area (TPSA) is 80.8 Å². The van der Waals surface area contributed by atoms with Gasteiger partial charge in [-0.1, -0.05) is 54.6 Å². The highest BCUT2D eigenvalue weighted by molar-refractivity contribution is 6.30. The van der Waals surface area contributed by atoms with Gasteiger partial charge in [0.1, 0.15) is 0 Å². The fourth-order valence-electron chi connectivity index (χ4n) is 4.66. The number of aryl methyl sites for hydroxylation is 1. The van der Waals surface area contributed by atoms with Gasteiger partial charge < -0.3 is 9.64 Å². The van der Waals surface area contributed by atoms with Crippen LogP contribution in [0.25, 0.3) is 0 Å². The lowest BCUT2D eigenvalue weighted by Crippen LogP contribution is -2.44. The summed E-state index contributed by atoms with van der Waals surface area (Å²) in [7, 11) is 0. The van der Waals surface area contributed by atoms with Crippen molar-refractivity contribution in [1.29, 1.82) is 0 Å². The van der Waals surface area contributed by atoms with Gasteiger partial charge in [-0.05, 0) is 37.5 Å². The molecule has 1 aliphatic heterocycles. The SMILES string of the molecule is C[C@H]1CCc2ccccc2N1C(=O)COC(=O)c1cccc2c1C(=O)c1ccccc1C2=O. The molecule has 0 saturated carbocycles. The van der Waals surface area contributed by atoms with E-state index < -0.39 is 18.4 Å². The zero-order valence-electron chi connectivity index (χ0n) is 18.0. The van der Waals surface area contributed by atoms with Gasteiger partial charge in [-0.15, -0.1) is 0 Å². The summed E-state index contributed by atoms with van der Waals surface area (Å²) >= 11 is 0. The molecule has 0 radical (unpaired) electrons. The highest BCUT2D eigenvalue weighted by Gasteiger charge is 2.34. The van der Waals surface area contributed by atoms with Crippen LogP contribution in [-0.2, 0) is 16.0 Å². The second-order valence-corrected chi connectivity index (χ2v) is 8.29. The van der Waals surface area contributed by atoms with Crippen LogP contribution >= 0.6 is 0 Å². The van der Waals surface area contributed by atoms with Crippen molar-refractivity contribution in [1.82, 2.24) is 0 Å². The largest absolute Gasteiger partial charge is 0.452 e. The maximum Gasteiger partial charge on any atom is 0.339 e. The molecule has 0 saturated heterocycles. The summed E-state index contributed by atoms with van der Waals surface area (Å²) in [6.45, 7) is 1.50. The maximum absolute atomic E-state index is 13.1. The molecule has 1 heterocycles. The molecule has 0 bridgehead atoms. The van der Waals surface area contributed by atoms with E-state index in [2.05, 4.69) is 0 Å². The average Bonchev–Trinajstić information content (AvgIpc) is 2.85. The summed E-state index contributed by atoms with van der Waals surface area (Å²) in [4.78, 5) is 53.6. The van der Waals surface area contributed by atoms with Crippen molar-refractivity contribution in [2.45, 2.75) is 25.8 Å². The van der Waals surface area contributed by atoms with Crippen LogP contribution in [0.2, 0.25) is 0 Å². The van der Waals surface area contributed by atoms with Crippen molar-refractivity contribution >= 4 is 29.1 Å². The van der Waals surface area contributed by atoms with Gasteiger partial charge in [0.25, 0.3) is 5.91 Å². The Bertz CT molecular complexity index is 1330. The minimum atomic E-state index is -0.807. The molecule has 6 nitrogen and oxygen atoms in total. The highest BCUT2D eigenvalue weighted by atomic mass is 16.5. The van der Waals surface area contributed by atoms with E-state index in [9.17, 15) is 19.2 Å². The van der Waals surface area contributed by atoms with Crippen molar-refractivity contribution < 1.29 is 23.9 Å². The number of ketones is 2. The van der Waals surface area contributed by atoms with Gasteiger partial charge in [0.15, 0.2) is 18.2 Å². The third kappa shape index (κ3) is 3.44. The number of esters is 1. The fourth-order valence-corrected chi connectivity index (χ4v) is 4.66. The first-order valence-electron chi connectivity index (χ1n) is 10.9. The van der Waals surface area contributed by atoms with Crippen molar-refractivity contribution in [2.75, 3.05) is 11.5 Å². The number of amides is 1. The lowest BCUT2D eigenvalue weighted by molar-refractivity contribution is -0.122. The zero-order valence-corrected chi connectivity index (χ0v) is 18.0. The molecule has 0 fully saturated rings. The molecule has 1 atom stereocenters. The Morgan fingerprint density at radius 1 is 0.879 bits per heavy atom. The Labute approximate surface area is 190 Å². The summed E-state index contributed by atoms with van der Waals surface area (Å²) in [5.41, 5.74) is 2.65. The minimum absolute atomic E-state index is 0.0137. The Morgan fingerprint density at radius 2 is 1.55 bits per heavy atom. The summed E-state index contributed by atoms with van der Waals surface area (Å²) < 4.78 is 5.35. The van der Waals surface area contributed by atoms with Crippen LogP contribution in [-0.4, -0.2) is 36.1 Å².